The Hall–Kier alpha value is 0.310. The van der Waals surface area contributed by atoms with Crippen molar-refractivity contribution in [1.82, 2.24) is 0 Å². The van der Waals surface area contributed by atoms with Crippen LogP contribution in [0.25, 0.3) is 0 Å². The standard InChI is InChI=1S/C8H16OS/c1-6(2)5-10-8-3-7(9)4-8/h6-9H,3-5H2,1-2H3. The number of aliphatic hydroxyl groups excluding tert-OH is 1. The minimum Gasteiger partial charge on any atom is -0.393 e. The predicted octanol–water partition coefficient (Wildman–Crippen LogP) is 1.90. The fraction of sp³-hybridized carbons (Fsp3) is 1.00. The number of aliphatic hydroxyl groups is 1. The van der Waals surface area contributed by atoms with Gasteiger partial charge >= 0.3 is 0 Å². The zero-order chi connectivity index (χ0) is 7.56. The van der Waals surface area contributed by atoms with Crippen LogP contribution in [0.2, 0.25) is 0 Å². The summed E-state index contributed by atoms with van der Waals surface area (Å²) in [6.45, 7) is 4.48. The van der Waals surface area contributed by atoms with Crippen LogP contribution < -0.4 is 0 Å². The van der Waals surface area contributed by atoms with E-state index < -0.39 is 0 Å². The molecule has 1 saturated carbocycles. The van der Waals surface area contributed by atoms with Crippen molar-refractivity contribution in [2.24, 2.45) is 5.92 Å². The molecule has 1 aliphatic carbocycles. The lowest BCUT2D eigenvalue weighted by atomic mass is 9.96. The summed E-state index contributed by atoms with van der Waals surface area (Å²) in [5, 5.41) is 9.73. The maximum absolute atomic E-state index is 8.97. The van der Waals surface area contributed by atoms with Crippen molar-refractivity contribution in [3.63, 3.8) is 0 Å². The summed E-state index contributed by atoms with van der Waals surface area (Å²) in [5.41, 5.74) is 0. The molecule has 10 heavy (non-hydrogen) atoms. The van der Waals surface area contributed by atoms with Gasteiger partial charge in [0.1, 0.15) is 0 Å². The smallest absolute Gasteiger partial charge is 0.0561 e. The lowest BCUT2D eigenvalue weighted by Crippen LogP contribution is -2.31. The number of hydrogen-bond donors (Lipinski definition) is 1. The molecule has 0 aromatic rings. The van der Waals surface area contributed by atoms with Crippen LogP contribution in [0.5, 0.6) is 0 Å². The Kier molecular flexibility index (Phi) is 3.05. The molecule has 1 rings (SSSR count). The van der Waals surface area contributed by atoms with Crippen molar-refractivity contribution in [1.29, 1.82) is 0 Å². The minimum absolute atomic E-state index is 0.0182. The van der Waals surface area contributed by atoms with Crippen molar-refractivity contribution in [3.05, 3.63) is 0 Å². The minimum atomic E-state index is 0.0182. The van der Waals surface area contributed by atoms with Crippen LogP contribution in [0.4, 0.5) is 0 Å². The van der Waals surface area contributed by atoms with Gasteiger partial charge < -0.3 is 5.11 Å². The monoisotopic (exact) mass is 160 g/mol. The van der Waals surface area contributed by atoms with Gasteiger partial charge in [-0.2, -0.15) is 11.8 Å². The molecule has 0 atom stereocenters. The first-order valence-electron chi connectivity index (χ1n) is 3.98. The third-order valence-electron chi connectivity index (χ3n) is 1.74. The van der Waals surface area contributed by atoms with Crippen LogP contribution >= 0.6 is 11.8 Å². The van der Waals surface area contributed by atoms with Gasteiger partial charge in [0, 0.05) is 5.25 Å². The first-order chi connectivity index (χ1) is 4.68. The van der Waals surface area contributed by atoms with Gasteiger partial charge in [-0.25, -0.2) is 0 Å². The largest absolute Gasteiger partial charge is 0.393 e. The van der Waals surface area contributed by atoms with E-state index in [1.54, 1.807) is 0 Å². The molecule has 60 valence electrons. The summed E-state index contributed by atoms with van der Waals surface area (Å²) in [6, 6.07) is 0. The van der Waals surface area contributed by atoms with Crippen LogP contribution in [0, 0.1) is 5.92 Å². The van der Waals surface area contributed by atoms with E-state index in [-0.39, 0.29) is 6.10 Å². The maximum Gasteiger partial charge on any atom is 0.0561 e. The Labute approximate surface area is 67.2 Å². The molecule has 2 heteroatoms. The third kappa shape index (κ3) is 2.51. The zero-order valence-electron chi connectivity index (χ0n) is 6.71. The van der Waals surface area contributed by atoms with Gasteiger partial charge in [-0.3, -0.25) is 0 Å². The highest BCUT2D eigenvalue weighted by Gasteiger charge is 2.27. The first kappa shape index (κ1) is 8.41. The molecule has 0 amide bonds. The van der Waals surface area contributed by atoms with E-state index in [1.165, 1.54) is 5.75 Å². The zero-order valence-corrected chi connectivity index (χ0v) is 7.53. The van der Waals surface area contributed by atoms with Gasteiger partial charge in [-0.1, -0.05) is 13.8 Å². The molecule has 0 aliphatic heterocycles. The van der Waals surface area contributed by atoms with Crippen molar-refractivity contribution in [3.8, 4) is 0 Å². The van der Waals surface area contributed by atoms with Gasteiger partial charge in [0.25, 0.3) is 0 Å². The van der Waals surface area contributed by atoms with Crippen molar-refractivity contribution in [2.45, 2.75) is 38.0 Å². The van der Waals surface area contributed by atoms with E-state index in [2.05, 4.69) is 13.8 Å². The van der Waals surface area contributed by atoms with Gasteiger partial charge in [0.05, 0.1) is 6.10 Å². The third-order valence-corrected chi connectivity index (χ3v) is 3.45. The number of hydrogen-bond acceptors (Lipinski definition) is 2. The number of rotatable bonds is 3. The molecule has 0 saturated heterocycles. The summed E-state index contributed by atoms with van der Waals surface area (Å²) in [7, 11) is 0. The average Bonchev–Trinajstić information content (AvgIpc) is 1.77. The molecule has 1 nitrogen and oxygen atoms in total. The molecule has 1 N–H and O–H groups in total. The Morgan fingerprint density at radius 2 is 2.10 bits per heavy atom. The molecule has 0 aromatic carbocycles. The Morgan fingerprint density at radius 3 is 2.50 bits per heavy atom. The van der Waals surface area contributed by atoms with Crippen molar-refractivity contribution >= 4 is 11.8 Å². The molecule has 0 spiro atoms. The van der Waals surface area contributed by atoms with E-state index >= 15 is 0 Å². The average molecular weight is 160 g/mol. The highest BCUT2D eigenvalue weighted by atomic mass is 32.2. The fourth-order valence-corrected chi connectivity index (χ4v) is 2.38. The van der Waals surface area contributed by atoms with E-state index in [0.717, 1.165) is 24.0 Å². The lowest BCUT2D eigenvalue weighted by molar-refractivity contribution is 0.101. The molecular formula is C8H16OS. The molecule has 0 heterocycles. The summed E-state index contributed by atoms with van der Waals surface area (Å²) in [6.07, 6.45) is 2.07. The Balaban J connectivity index is 1.95. The highest BCUT2D eigenvalue weighted by molar-refractivity contribution is 7.99. The SMILES string of the molecule is CC(C)CSC1CC(O)C1. The van der Waals surface area contributed by atoms with Crippen molar-refractivity contribution < 1.29 is 5.11 Å². The quantitative estimate of drug-likeness (QED) is 0.680. The summed E-state index contributed by atoms with van der Waals surface area (Å²) < 4.78 is 0. The topological polar surface area (TPSA) is 20.2 Å². The van der Waals surface area contributed by atoms with Gasteiger partial charge in [0.2, 0.25) is 0 Å². The van der Waals surface area contributed by atoms with Crippen molar-refractivity contribution in [2.75, 3.05) is 5.75 Å². The molecule has 1 aliphatic rings. The van der Waals surface area contributed by atoms with Crippen LogP contribution in [-0.4, -0.2) is 22.2 Å². The van der Waals surface area contributed by atoms with Crippen LogP contribution in [-0.2, 0) is 0 Å². The second-order valence-corrected chi connectivity index (χ2v) is 4.81. The van der Waals surface area contributed by atoms with Gasteiger partial charge in [-0.15, -0.1) is 0 Å². The second kappa shape index (κ2) is 3.63. The molecule has 0 bridgehead atoms. The Bertz CT molecular complexity index is 97.4. The van der Waals surface area contributed by atoms with Crippen LogP contribution in [0.15, 0.2) is 0 Å². The molecular weight excluding hydrogens is 144 g/mol. The maximum atomic E-state index is 8.97. The molecule has 0 aromatic heterocycles. The first-order valence-corrected chi connectivity index (χ1v) is 5.03. The Morgan fingerprint density at radius 1 is 1.50 bits per heavy atom. The lowest BCUT2D eigenvalue weighted by Gasteiger charge is -2.31. The summed E-state index contributed by atoms with van der Waals surface area (Å²) in [5.74, 6) is 2.04. The fourth-order valence-electron chi connectivity index (χ4n) is 1.00. The van der Waals surface area contributed by atoms with Crippen LogP contribution in [0.3, 0.4) is 0 Å². The second-order valence-electron chi connectivity index (χ2n) is 3.47. The molecule has 0 unspecified atom stereocenters. The van der Waals surface area contributed by atoms with Gasteiger partial charge in [-0.05, 0) is 24.5 Å². The van der Waals surface area contributed by atoms with E-state index in [0.29, 0.717) is 0 Å². The normalized spacial score (nSPS) is 32.4. The number of thioether (sulfide) groups is 1. The summed E-state index contributed by atoms with van der Waals surface area (Å²) in [4.78, 5) is 0. The van der Waals surface area contributed by atoms with E-state index in [4.69, 9.17) is 5.11 Å². The predicted molar refractivity (Wildman–Crippen MR) is 46.3 cm³/mol. The van der Waals surface area contributed by atoms with E-state index in [1.807, 2.05) is 11.8 Å². The van der Waals surface area contributed by atoms with Gasteiger partial charge in [0.15, 0.2) is 0 Å². The molecule has 1 fully saturated rings. The van der Waals surface area contributed by atoms with E-state index in [9.17, 15) is 0 Å². The molecule has 0 radical (unpaired) electrons. The summed E-state index contributed by atoms with van der Waals surface area (Å²) >= 11 is 2.02. The van der Waals surface area contributed by atoms with Crippen LogP contribution in [0.1, 0.15) is 26.7 Å². The highest BCUT2D eigenvalue weighted by Crippen LogP contribution is 2.32.